The molecule has 92 valence electrons. The Hall–Kier alpha value is -1.01. The molecule has 1 rings (SSSR count). The van der Waals surface area contributed by atoms with E-state index < -0.39 is 5.92 Å². The molecule has 0 saturated heterocycles. The Morgan fingerprint density at radius 1 is 1.65 bits per heavy atom. The molecule has 0 bridgehead atoms. The van der Waals surface area contributed by atoms with Crippen molar-refractivity contribution in [2.45, 2.75) is 19.8 Å². The standard InChI is InChI=1S/C11H14BrN3OS/c1-2-3-8(10(13)17)11(16)15-9-5-4-7(12)6-14-9/h4-6,8H,2-3H2,1H3,(H2,13,17)(H,14,15,16). The zero-order valence-corrected chi connectivity index (χ0v) is 11.8. The SMILES string of the molecule is CCCC(C(=O)Nc1ccc(Br)cn1)C(N)=S. The van der Waals surface area contributed by atoms with Crippen LogP contribution in [0, 0.1) is 5.92 Å². The predicted molar refractivity (Wildman–Crippen MR) is 75.8 cm³/mol. The number of amides is 1. The Labute approximate surface area is 114 Å². The van der Waals surface area contributed by atoms with Gasteiger partial charge in [-0.15, -0.1) is 0 Å². The Kier molecular flexibility index (Phi) is 5.50. The van der Waals surface area contributed by atoms with Gasteiger partial charge in [0.1, 0.15) is 5.82 Å². The molecule has 1 heterocycles. The van der Waals surface area contributed by atoms with Gasteiger partial charge in [0.2, 0.25) is 5.91 Å². The number of hydrogen-bond donors (Lipinski definition) is 2. The fraction of sp³-hybridized carbons (Fsp3) is 0.364. The second kappa shape index (κ2) is 6.66. The minimum Gasteiger partial charge on any atom is -0.393 e. The molecule has 1 amide bonds. The van der Waals surface area contributed by atoms with Crippen LogP contribution in [0.15, 0.2) is 22.8 Å². The summed E-state index contributed by atoms with van der Waals surface area (Å²) >= 11 is 8.16. The molecule has 0 aromatic carbocycles. The molecule has 1 unspecified atom stereocenters. The number of hydrogen-bond acceptors (Lipinski definition) is 3. The summed E-state index contributed by atoms with van der Waals surface area (Å²) < 4.78 is 0.856. The van der Waals surface area contributed by atoms with Gasteiger partial charge in [0.25, 0.3) is 0 Å². The van der Waals surface area contributed by atoms with Crippen molar-refractivity contribution in [1.29, 1.82) is 0 Å². The minimum atomic E-state index is -0.430. The molecule has 4 nitrogen and oxygen atoms in total. The lowest BCUT2D eigenvalue weighted by atomic mass is 10.0. The van der Waals surface area contributed by atoms with Crippen LogP contribution in [-0.2, 0) is 4.79 Å². The number of nitrogens with two attached hydrogens (primary N) is 1. The summed E-state index contributed by atoms with van der Waals surface area (Å²) in [5, 5.41) is 2.70. The highest BCUT2D eigenvalue weighted by atomic mass is 79.9. The van der Waals surface area contributed by atoms with Crippen molar-refractivity contribution < 1.29 is 4.79 Å². The van der Waals surface area contributed by atoms with E-state index in [1.54, 1.807) is 18.3 Å². The van der Waals surface area contributed by atoms with Gasteiger partial charge < -0.3 is 11.1 Å². The van der Waals surface area contributed by atoms with Crippen LogP contribution in [0.5, 0.6) is 0 Å². The smallest absolute Gasteiger partial charge is 0.235 e. The third-order valence-corrected chi connectivity index (χ3v) is 2.97. The van der Waals surface area contributed by atoms with E-state index in [1.165, 1.54) is 0 Å². The predicted octanol–water partition coefficient (Wildman–Crippen LogP) is 2.48. The first-order valence-electron chi connectivity index (χ1n) is 5.26. The molecule has 6 heteroatoms. The van der Waals surface area contributed by atoms with Gasteiger partial charge in [0, 0.05) is 10.7 Å². The van der Waals surface area contributed by atoms with Crippen LogP contribution in [0.25, 0.3) is 0 Å². The van der Waals surface area contributed by atoms with Gasteiger partial charge in [0.15, 0.2) is 0 Å². The third-order valence-electron chi connectivity index (χ3n) is 2.22. The molecule has 3 N–H and O–H groups in total. The first kappa shape index (κ1) is 14.1. The van der Waals surface area contributed by atoms with Crippen LogP contribution in [0.4, 0.5) is 5.82 Å². The lowest BCUT2D eigenvalue weighted by molar-refractivity contribution is -0.118. The maximum atomic E-state index is 11.9. The number of pyridine rings is 1. The van der Waals surface area contributed by atoms with Crippen molar-refractivity contribution in [3.63, 3.8) is 0 Å². The highest BCUT2D eigenvalue weighted by Crippen LogP contribution is 2.13. The molecule has 1 atom stereocenters. The Morgan fingerprint density at radius 2 is 2.35 bits per heavy atom. The van der Waals surface area contributed by atoms with Crippen LogP contribution in [0.3, 0.4) is 0 Å². The van der Waals surface area contributed by atoms with Gasteiger partial charge in [-0.05, 0) is 34.5 Å². The second-order valence-corrected chi connectivity index (χ2v) is 4.98. The van der Waals surface area contributed by atoms with Crippen molar-refractivity contribution in [3.8, 4) is 0 Å². The van der Waals surface area contributed by atoms with E-state index in [0.29, 0.717) is 12.2 Å². The number of nitrogens with zero attached hydrogens (tertiary/aromatic N) is 1. The molecule has 1 aromatic heterocycles. The van der Waals surface area contributed by atoms with Gasteiger partial charge in [-0.3, -0.25) is 4.79 Å². The Bertz CT molecular complexity index is 408. The molecule has 0 aliphatic carbocycles. The summed E-state index contributed by atoms with van der Waals surface area (Å²) in [6, 6.07) is 3.52. The fourth-order valence-corrected chi connectivity index (χ4v) is 1.81. The molecule has 17 heavy (non-hydrogen) atoms. The zero-order chi connectivity index (χ0) is 12.8. The van der Waals surface area contributed by atoms with Crippen LogP contribution in [0.2, 0.25) is 0 Å². The van der Waals surface area contributed by atoms with E-state index >= 15 is 0 Å². The van der Waals surface area contributed by atoms with Gasteiger partial charge in [0.05, 0.1) is 10.9 Å². The lowest BCUT2D eigenvalue weighted by Crippen LogP contribution is -2.33. The van der Waals surface area contributed by atoms with Gasteiger partial charge in [-0.2, -0.15) is 0 Å². The maximum absolute atomic E-state index is 11.9. The minimum absolute atomic E-state index is 0.200. The summed E-state index contributed by atoms with van der Waals surface area (Å²) in [4.78, 5) is 16.2. The van der Waals surface area contributed by atoms with Crippen molar-refractivity contribution in [3.05, 3.63) is 22.8 Å². The first-order chi connectivity index (χ1) is 8.04. The molecule has 0 aliphatic heterocycles. The van der Waals surface area contributed by atoms with Crippen molar-refractivity contribution in [1.82, 2.24) is 4.98 Å². The van der Waals surface area contributed by atoms with E-state index in [0.717, 1.165) is 10.9 Å². The van der Waals surface area contributed by atoms with Crippen LogP contribution < -0.4 is 11.1 Å². The van der Waals surface area contributed by atoms with Crippen LogP contribution in [0.1, 0.15) is 19.8 Å². The molecule has 1 aromatic rings. The quantitative estimate of drug-likeness (QED) is 0.819. The van der Waals surface area contributed by atoms with E-state index in [4.69, 9.17) is 18.0 Å². The number of halogens is 1. The van der Waals surface area contributed by atoms with Crippen molar-refractivity contribution in [2.24, 2.45) is 11.7 Å². The molecule has 0 fully saturated rings. The summed E-state index contributed by atoms with van der Waals surface area (Å²) in [6.45, 7) is 1.98. The first-order valence-corrected chi connectivity index (χ1v) is 6.46. The molecule has 0 spiro atoms. The van der Waals surface area contributed by atoms with E-state index in [2.05, 4.69) is 26.2 Å². The zero-order valence-electron chi connectivity index (χ0n) is 9.44. The Balaban J connectivity index is 2.69. The Morgan fingerprint density at radius 3 is 2.82 bits per heavy atom. The summed E-state index contributed by atoms with van der Waals surface area (Å²) in [7, 11) is 0. The van der Waals surface area contributed by atoms with Crippen LogP contribution >= 0.6 is 28.1 Å². The number of anilines is 1. The highest BCUT2D eigenvalue weighted by Gasteiger charge is 2.20. The number of nitrogens with one attached hydrogen (secondary N) is 1. The van der Waals surface area contributed by atoms with E-state index in [9.17, 15) is 4.79 Å². The number of carbonyl (C=O) groups excluding carboxylic acids is 1. The average Bonchev–Trinajstić information content (AvgIpc) is 2.28. The summed E-state index contributed by atoms with van der Waals surface area (Å²) in [5.41, 5.74) is 5.54. The molecule has 0 saturated carbocycles. The van der Waals surface area contributed by atoms with Gasteiger partial charge >= 0.3 is 0 Å². The average molecular weight is 316 g/mol. The second-order valence-electron chi connectivity index (χ2n) is 3.59. The topological polar surface area (TPSA) is 68.0 Å². The monoisotopic (exact) mass is 315 g/mol. The van der Waals surface area contributed by atoms with Gasteiger partial charge in [-0.1, -0.05) is 25.6 Å². The fourth-order valence-electron chi connectivity index (χ4n) is 1.35. The molecule has 0 aliphatic rings. The summed E-state index contributed by atoms with van der Waals surface area (Å²) in [5.74, 6) is -0.134. The normalized spacial score (nSPS) is 11.9. The molecular formula is C11H14BrN3OS. The van der Waals surface area contributed by atoms with Crippen molar-refractivity contribution in [2.75, 3.05) is 5.32 Å². The van der Waals surface area contributed by atoms with Crippen molar-refractivity contribution >= 4 is 44.9 Å². The molecular weight excluding hydrogens is 302 g/mol. The summed E-state index contributed by atoms with van der Waals surface area (Å²) in [6.07, 6.45) is 3.12. The van der Waals surface area contributed by atoms with E-state index in [-0.39, 0.29) is 10.9 Å². The third kappa shape index (κ3) is 4.40. The lowest BCUT2D eigenvalue weighted by Gasteiger charge is -2.13. The molecule has 0 radical (unpaired) electrons. The highest BCUT2D eigenvalue weighted by molar-refractivity contribution is 9.10. The maximum Gasteiger partial charge on any atom is 0.235 e. The number of aromatic nitrogens is 1. The number of rotatable bonds is 5. The van der Waals surface area contributed by atoms with E-state index in [1.807, 2.05) is 6.92 Å². The van der Waals surface area contributed by atoms with Gasteiger partial charge in [-0.25, -0.2) is 4.98 Å². The number of thiocarbonyl (C=S) groups is 1. The largest absolute Gasteiger partial charge is 0.393 e. The number of carbonyl (C=O) groups is 1. The van der Waals surface area contributed by atoms with Crippen LogP contribution in [-0.4, -0.2) is 15.9 Å².